The molecule has 0 radical (unpaired) electrons. The van der Waals surface area contributed by atoms with Crippen LogP contribution in [-0.4, -0.2) is 36.0 Å². The zero-order valence-corrected chi connectivity index (χ0v) is 12.8. The fraction of sp³-hybridized carbons (Fsp3) is 0.421. The summed E-state index contributed by atoms with van der Waals surface area (Å²) in [5, 5.41) is 5.89. The molecule has 2 heterocycles. The normalized spacial score (nSPS) is 24.5. The van der Waals surface area contributed by atoms with Gasteiger partial charge in [-0.15, -0.1) is 0 Å². The Morgan fingerprint density at radius 3 is 2.82 bits per heavy atom. The Bertz CT molecular complexity index is 677. The van der Waals surface area contributed by atoms with Gasteiger partial charge in [-0.2, -0.15) is 0 Å². The number of carbonyl (C=O) groups is 1. The van der Waals surface area contributed by atoms with E-state index >= 15 is 0 Å². The second-order valence-electron chi connectivity index (χ2n) is 6.49. The zero-order chi connectivity index (χ0) is 14.9. The van der Waals surface area contributed by atoms with E-state index < -0.39 is 0 Å². The number of fused-ring (bicyclic) bond motifs is 3. The van der Waals surface area contributed by atoms with Gasteiger partial charge in [-0.3, -0.25) is 4.79 Å². The van der Waals surface area contributed by atoms with E-state index in [0.717, 1.165) is 31.5 Å². The number of nitrogens with zero attached hydrogens (tertiary/aromatic N) is 1. The fourth-order valence-corrected chi connectivity index (χ4v) is 4.09. The van der Waals surface area contributed by atoms with Crippen LogP contribution in [0.3, 0.4) is 0 Å². The predicted molar refractivity (Wildman–Crippen MR) is 88.8 cm³/mol. The molecule has 0 aliphatic carbocycles. The van der Waals surface area contributed by atoms with Gasteiger partial charge < -0.3 is 10.2 Å². The molecule has 2 fully saturated rings. The Kier molecular flexibility index (Phi) is 3.59. The maximum Gasteiger partial charge on any atom is 0.227 e. The van der Waals surface area contributed by atoms with Crippen LogP contribution in [0.5, 0.6) is 0 Å². The Labute approximate surface area is 131 Å². The molecule has 1 N–H and O–H groups in total. The molecule has 4 rings (SSSR count). The molecule has 0 saturated carbocycles. The van der Waals surface area contributed by atoms with Gasteiger partial charge in [0.2, 0.25) is 5.91 Å². The monoisotopic (exact) mass is 294 g/mol. The van der Waals surface area contributed by atoms with E-state index in [1.165, 1.54) is 17.2 Å². The third kappa shape index (κ3) is 2.40. The van der Waals surface area contributed by atoms with Crippen molar-refractivity contribution in [3.05, 3.63) is 48.0 Å². The minimum Gasteiger partial charge on any atom is -0.335 e. The average Bonchev–Trinajstić information content (AvgIpc) is 2.81. The van der Waals surface area contributed by atoms with Crippen LogP contribution < -0.4 is 5.32 Å². The molecule has 2 aromatic rings. The molecule has 0 aromatic heterocycles. The first kappa shape index (κ1) is 13.8. The van der Waals surface area contributed by atoms with Crippen molar-refractivity contribution in [3.63, 3.8) is 0 Å². The lowest BCUT2D eigenvalue weighted by molar-refractivity contribution is -0.133. The Hall–Kier alpha value is -1.87. The molecular formula is C19H22N2O. The fourth-order valence-electron chi connectivity index (χ4n) is 4.09. The highest BCUT2D eigenvalue weighted by molar-refractivity contribution is 5.90. The van der Waals surface area contributed by atoms with E-state index in [1.54, 1.807) is 0 Å². The van der Waals surface area contributed by atoms with Crippen molar-refractivity contribution >= 4 is 16.7 Å². The molecule has 2 unspecified atom stereocenters. The van der Waals surface area contributed by atoms with Crippen LogP contribution in [-0.2, 0) is 11.2 Å². The molecule has 0 spiro atoms. The first-order valence-corrected chi connectivity index (χ1v) is 8.31. The molecule has 3 heteroatoms. The second kappa shape index (κ2) is 5.73. The maximum atomic E-state index is 12.9. The van der Waals surface area contributed by atoms with Crippen molar-refractivity contribution in [2.24, 2.45) is 0 Å². The van der Waals surface area contributed by atoms with E-state index in [0.29, 0.717) is 24.4 Å². The van der Waals surface area contributed by atoms with E-state index in [9.17, 15) is 4.79 Å². The molecule has 2 aliphatic heterocycles. The molecule has 2 bridgehead atoms. The van der Waals surface area contributed by atoms with Crippen molar-refractivity contribution in [1.29, 1.82) is 0 Å². The van der Waals surface area contributed by atoms with E-state index in [1.807, 2.05) is 0 Å². The summed E-state index contributed by atoms with van der Waals surface area (Å²) in [7, 11) is 0. The van der Waals surface area contributed by atoms with Crippen LogP contribution in [0, 0.1) is 0 Å². The molecule has 2 aliphatic rings. The van der Waals surface area contributed by atoms with Gasteiger partial charge >= 0.3 is 0 Å². The standard InChI is InChI=1S/C19H22N2O/c22-19(21-16-8-9-17(21)13-20-11-10-16)12-15-6-3-5-14-4-1-2-7-18(14)15/h1-7,16-17,20H,8-13H2. The molecule has 2 aromatic carbocycles. The summed E-state index contributed by atoms with van der Waals surface area (Å²) >= 11 is 0. The van der Waals surface area contributed by atoms with Crippen molar-refractivity contribution in [2.45, 2.75) is 37.8 Å². The number of nitrogens with one attached hydrogen (secondary N) is 1. The first-order chi connectivity index (χ1) is 10.8. The minimum atomic E-state index is 0.299. The highest BCUT2D eigenvalue weighted by Gasteiger charge is 2.37. The summed E-state index contributed by atoms with van der Waals surface area (Å²) in [6.07, 6.45) is 3.94. The third-order valence-corrected chi connectivity index (χ3v) is 5.16. The van der Waals surface area contributed by atoms with Crippen LogP contribution in [0.15, 0.2) is 42.5 Å². The summed E-state index contributed by atoms with van der Waals surface area (Å²) < 4.78 is 0. The van der Waals surface area contributed by atoms with Crippen molar-refractivity contribution < 1.29 is 4.79 Å². The molecule has 114 valence electrons. The smallest absolute Gasteiger partial charge is 0.227 e. The third-order valence-electron chi connectivity index (χ3n) is 5.16. The molecule has 2 saturated heterocycles. The second-order valence-corrected chi connectivity index (χ2v) is 6.49. The van der Waals surface area contributed by atoms with Crippen LogP contribution in [0.1, 0.15) is 24.8 Å². The molecule has 22 heavy (non-hydrogen) atoms. The lowest BCUT2D eigenvalue weighted by Crippen LogP contribution is -2.43. The van der Waals surface area contributed by atoms with Gasteiger partial charge in [0, 0.05) is 18.6 Å². The van der Waals surface area contributed by atoms with Gasteiger partial charge in [-0.25, -0.2) is 0 Å². The van der Waals surface area contributed by atoms with Crippen molar-refractivity contribution in [2.75, 3.05) is 13.1 Å². The average molecular weight is 294 g/mol. The lowest BCUT2D eigenvalue weighted by atomic mass is 10.0. The highest BCUT2D eigenvalue weighted by atomic mass is 16.2. The topological polar surface area (TPSA) is 32.3 Å². The SMILES string of the molecule is O=C(Cc1cccc2ccccc12)N1C2CCNCC1CC2. The van der Waals surface area contributed by atoms with E-state index in [2.05, 4.69) is 52.7 Å². The van der Waals surface area contributed by atoms with Crippen LogP contribution >= 0.6 is 0 Å². The van der Waals surface area contributed by atoms with Gasteiger partial charge in [0.05, 0.1) is 6.42 Å². The number of hydrogen-bond acceptors (Lipinski definition) is 2. The largest absolute Gasteiger partial charge is 0.335 e. The maximum absolute atomic E-state index is 12.9. The van der Waals surface area contributed by atoms with Gasteiger partial charge in [-0.05, 0) is 42.1 Å². The van der Waals surface area contributed by atoms with E-state index in [4.69, 9.17) is 0 Å². The number of amides is 1. The molecule has 3 nitrogen and oxygen atoms in total. The predicted octanol–water partition coefficient (Wildman–Crippen LogP) is 2.74. The highest BCUT2D eigenvalue weighted by Crippen LogP contribution is 2.29. The summed E-state index contributed by atoms with van der Waals surface area (Å²) in [6, 6.07) is 15.5. The lowest BCUT2D eigenvalue weighted by Gasteiger charge is -2.28. The van der Waals surface area contributed by atoms with E-state index in [-0.39, 0.29) is 0 Å². The number of rotatable bonds is 2. The zero-order valence-electron chi connectivity index (χ0n) is 12.8. The summed E-state index contributed by atoms with van der Waals surface area (Å²) in [5.41, 5.74) is 1.15. The Balaban J connectivity index is 1.61. The van der Waals surface area contributed by atoms with Crippen molar-refractivity contribution in [3.8, 4) is 0 Å². The number of benzene rings is 2. The first-order valence-electron chi connectivity index (χ1n) is 8.31. The van der Waals surface area contributed by atoms with Crippen LogP contribution in [0.2, 0.25) is 0 Å². The minimum absolute atomic E-state index is 0.299. The van der Waals surface area contributed by atoms with Gasteiger partial charge in [0.1, 0.15) is 0 Å². The molecule has 1 amide bonds. The van der Waals surface area contributed by atoms with Gasteiger partial charge in [0.25, 0.3) is 0 Å². The Morgan fingerprint density at radius 1 is 1.05 bits per heavy atom. The quantitative estimate of drug-likeness (QED) is 0.923. The molecular weight excluding hydrogens is 272 g/mol. The molecule has 2 atom stereocenters. The van der Waals surface area contributed by atoms with Gasteiger partial charge in [0.15, 0.2) is 0 Å². The Morgan fingerprint density at radius 2 is 1.86 bits per heavy atom. The van der Waals surface area contributed by atoms with Gasteiger partial charge in [-0.1, -0.05) is 42.5 Å². The van der Waals surface area contributed by atoms with Crippen LogP contribution in [0.25, 0.3) is 10.8 Å². The van der Waals surface area contributed by atoms with Crippen molar-refractivity contribution in [1.82, 2.24) is 10.2 Å². The van der Waals surface area contributed by atoms with Crippen LogP contribution in [0.4, 0.5) is 0 Å². The summed E-state index contributed by atoms with van der Waals surface area (Å²) in [4.78, 5) is 15.1. The number of hydrogen-bond donors (Lipinski definition) is 1. The summed E-state index contributed by atoms with van der Waals surface area (Å²) in [5.74, 6) is 0.299. The summed E-state index contributed by atoms with van der Waals surface area (Å²) in [6.45, 7) is 2.00. The number of carbonyl (C=O) groups excluding carboxylic acids is 1.